The van der Waals surface area contributed by atoms with E-state index in [0.717, 1.165) is 109 Å². The van der Waals surface area contributed by atoms with Crippen LogP contribution in [0.2, 0.25) is 0 Å². The fourth-order valence-corrected chi connectivity index (χ4v) is 11.7. The minimum Gasteiger partial charge on any atom is -0.506 e. The molecule has 2 N–H and O–H groups in total. The summed E-state index contributed by atoms with van der Waals surface area (Å²) in [7, 11) is 0. The Morgan fingerprint density at radius 3 is 1.45 bits per heavy atom. The van der Waals surface area contributed by atoms with Crippen LogP contribution in [0.4, 0.5) is 0 Å². The average Bonchev–Trinajstić information content (AvgIpc) is 4.31. The van der Waals surface area contributed by atoms with E-state index in [1.807, 2.05) is 78.9 Å². The Morgan fingerprint density at radius 2 is 0.987 bits per heavy atom. The van der Waals surface area contributed by atoms with Crippen molar-refractivity contribution in [2.24, 2.45) is 0 Å². The molecule has 0 fully saturated rings. The van der Waals surface area contributed by atoms with Gasteiger partial charge in [0.05, 0.1) is 33.6 Å². The highest BCUT2D eigenvalue weighted by molar-refractivity contribution is 5.91. The molecule has 6 aromatic carbocycles. The third-order valence-corrected chi connectivity index (χ3v) is 15.6. The van der Waals surface area contributed by atoms with Crippen molar-refractivity contribution in [3.05, 3.63) is 149 Å². The van der Waals surface area contributed by atoms with Crippen LogP contribution in [0.15, 0.2) is 133 Å². The quantitative estimate of drug-likeness (QED) is 0.0797. The van der Waals surface area contributed by atoms with Crippen molar-refractivity contribution in [1.29, 1.82) is 0 Å². The zero-order valence-corrected chi connectivity index (χ0v) is 43.3. The van der Waals surface area contributed by atoms with Crippen molar-refractivity contribution < 1.29 is 27.9 Å². The van der Waals surface area contributed by atoms with Gasteiger partial charge in [0.25, 0.3) is 0 Å². The van der Waals surface area contributed by atoms with E-state index in [1.54, 1.807) is 0 Å². The summed E-state index contributed by atoms with van der Waals surface area (Å²) in [6.07, 6.45) is 18.2. The number of aromatic hydroxyl groups is 2. The summed E-state index contributed by atoms with van der Waals surface area (Å²) in [6, 6.07) is 37.2. The second-order valence-corrected chi connectivity index (χ2v) is 20.4. The topological polar surface area (TPSA) is 145 Å². The SMILES string of the molecule is CCCCCCC1(CCCCCC)c2cc(-c3cc(-c4nc5c(o4)C=CCC5)c(O)c(-c4nc5ccccc5o4)c3)ccc2-c2ccc(-c3cc(-c4nc(CC)c(CC)o4)c(O)c(-c4nc5ccccc5o4)c3)cc21. The minimum absolute atomic E-state index is 0.00579. The van der Waals surface area contributed by atoms with Crippen molar-refractivity contribution in [1.82, 2.24) is 19.9 Å². The summed E-state index contributed by atoms with van der Waals surface area (Å²) in [4.78, 5) is 19.6. The molecule has 10 aromatic rings. The maximum Gasteiger partial charge on any atom is 0.231 e. The Kier molecular flexibility index (Phi) is 12.8. The van der Waals surface area contributed by atoms with E-state index in [4.69, 9.17) is 37.6 Å². The van der Waals surface area contributed by atoms with Crippen LogP contribution in [0.1, 0.15) is 132 Å². The number of phenols is 2. The monoisotopic (exact) mass is 994 g/mol. The van der Waals surface area contributed by atoms with Gasteiger partial charge in [0.2, 0.25) is 23.6 Å². The number of hydrogen-bond acceptors (Lipinski definition) is 10. The molecule has 10 nitrogen and oxygen atoms in total. The molecular weight excluding hydrogens is 933 g/mol. The maximum absolute atomic E-state index is 12.2. The van der Waals surface area contributed by atoms with Gasteiger partial charge in [-0.2, -0.15) is 0 Å². The molecule has 75 heavy (non-hydrogen) atoms. The van der Waals surface area contributed by atoms with E-state index in [9.17, 15) is 10.2 Å². The molecule has 0 saturated heterocycles. The van der Waals surface area contributed by atoms with E-state index in [1.165, 1.54) is 35.1 Å². The van der Waals surface area contributed by atoms with Gasteiger partial charge in [-0.1, -0.05) is 134 Å². The summed E-state index contributed by atoms with van der Waals surface area (Å²) in [5.74, 6) is 2.93. The molecule has 12 rings (SSSR count). The van der Waals surface area contributed by atoms with Gasteiger partial charge in [0, 0.05) is 11.8 Å². The second kappa shape index (κ2) is 20.0. The molecule has 0 unspecified atom stereocenters. The van der Waals surface area contributed by atoms with Crippen LogP contribution in [0.25, 0.3) is 107 Å². The van der Waals surface area contributed by atoms with Gasteiger partial charge in [-0.25, -0.2) is 19.9 Å². The van der Waals surface area contributed by atoms with Gasteiger partial charge in [0.15, 0.2) is 16.9 Å². The first-order valence-electron chi connectivity index (χ1n) is 27.2. The molecular formula is C65H62N4O6. The van der Waals surface area contributed by atoms with Crippen LogP contribution in [-0.2, 0) is 24.7 Å². The molecule has 0 amide bonds. The number of para-hydroxylation sites is 4. The fraction of sp³-hybridized carbons (Fsp3) is 0.292. The number of rotatable bonds is 18. The lowest BCUT2D eigenvalue weighted by atomic mass is 9.70. The summed E-state index contributed by atoms with van der Waals surface area (Å²) >= 11 is 0. The summed E-state index contributed by atoms with van der Waals surface area (Å²) < 4.78 is 25.6. The molecule has 4 aromatic heterocycles. The van der Waals surface area contributed by atoms with Crippen molar-refractivity contribution in [2.45, 2.75) is 123 Å². The third-order valence-electron chi connectivity index (χ3n) is 15.6. The zero-order valence-electron chi connectivity index (χ0n) is 43.3. The predicted octanol–water partition coefficient (Wildman–Crippen LogP) is 17.6. The van der Waals surface area contributed by atoms with Gasteiger partial charge < -0.3 is 27.9 Å². The Balaban J connectivity index is 1.04. The average molecular weight is 995 g/mol. The molecule has 0 radical (unpaired) electrons. The zero-order chi connectivity index (χ0) is 51.2. The third kappa shape index (κ3) is 8.63. The van der Waals surface area contributed by atoms with Crippen LogP contribution in [0, 0.1) is 0 Å². The van der Waals surface area contributed by atoms with Crippen molar-refractivity contribution in [2.75, 3.05) is 0 Å². The largest absolute Gasteiger partial charge is 0.506 e. The molecule has 378 valence electrons. The number of benzene rings is 6. The molecule has 0 saturated carbocycles. The number of hydrogen-bond donors (Lipinski definition) is 2. The molecule has 0 spiro atoms. The molecule has 0 bridgehead atoms. The highest BCUT2D eigenvalue weighted by Crippen LogP contribution is 2.57. The lowest BCUT2D eigenvalue weighted by Gasteiger charge is -2.33. The summed E-state index contributed by atoms with van der Waals surface area (Å²) in [5, 5.41) is 24.4. The Morgan fingerprint density at radius 1 is 0.480 bits per heavy atom. The van der Waals surface area contributed by atoms with Gasteiger partial charge in [-0.15, -0.1) is 0 Å². The number of nitrogens with zero attached hydrogens (tertiary/aromatic N) is 4. The van der Waals surface area contributed by atoms with Gasteiger partial charge >= 0.3 is 0 Å². The van der Waals surface area contributed by atoms with Crippen LogP contribution in [-0.4, -0.2) is 30.1 Å². The summed E-state index contributed by atoms with van der Waals surface area (Å²) in [5.41, 5.74) is 15.0. The number of allylic oxidation sites excluding steroid dienone is 1. The lowest BCUT2D eigenvalue weighted by Crippen LogP contribution is -2.25. The predicted molar refractivity (Wildman–Crippen MR) is 297 cm³/mol. The normalized spacial score (nSPS) is 13.5. The molecule has 0 atom stereocenters. The molecule has 2 aliphatic carbocycles. The highest BCUT2D eigenvalue weighted by Gasteiger charge is 2.43. The number of unbranched alkanes of at least 4 members (excludes halogenated alkanes) is 6. The van der Waals surface area contributed by atoms with Gasteiger partial charge in [-0.3, -0.25) is 0 Å². The molecule has 10 heteroatoms. The second-order valence-electron chi connectivity index (χ2n) is 20.4. The number of aryl methyl sites for hydroxylation is 3. The standard InChI is InChI=1S/C65H62N4O6/c1-5-9-11-19-31-65(32-20-12-10-6-2)49-37-39(41-33-45(61-66-51(7-3)55(8-4)72-61)59(70)46(34-41)62-67-52-21-13-16-24-56(52)73-62)27-29-43(49)44-30-28-40(38-50(44)65)42-35-47(63-68-53-22-14-17-25-57(53)74-63)60(71)48(36-42)64-69-54-23-15-18-26-58(54)75-64/h13-14,16-18,21-22,24-30,33-38,70-71H,5-12,15,19-20,23,31-32H2,1-4H3. The van der Waals surface area contributed by atoms with Crippen LogP contribution in [0.3, 0.4) is 0 Å². The van der Waals surface area contributed by atoms with Crippen LogP contribution in [0.5, 0.6) is 11.5 Å². The molecule has 2 aliphatic rings. The Labute approximate surface area is 437 Å². The Hall–Kier alpha value is -7.98. The first-order valence-corrected chi connectivity index (χ1v) is 27.2. The number of phenolic OH excluding ortho intramolecular Hbond substituents is 2. The maximum atomic E-state index is 12.2. The summed E-state index contributed by atoms with van der Waals surface area (Å²) in [6.45, 7) is 8.68. The number of fused-ring (bicyclic) bond motifs is 6. The fourth-order valence-electron chi connectivity index (χ4n) is 11.7. The van der Waals surface area contributed by atoms with E-state index in [-0.39, 0.29) is 16.9 Å². The van der Waals surface area contributed by atoms with E-state index >= 15 is 0 Å². The van der Waals surface area contributed by atoms with Gasteiger partial charge in [0.1, 0.15) is 28.3 Å². The van der Waals surface area contributed by atoms with E-state index < -0.39 is 0 Å². The van der Waals surface area contributed by atoms with Crippen molar-refractivity contribution in [3.63, 3.8) is 0 Å². The Bertz CT molecular complexity index is 3690. The smallest absolute Gasteiger partial charge is 0.231 e. The van der Waals surface area contributed by atoms with E-state index in [0.29, 0.717) is 80.9 Å². The lowest BCUT2D eigenvalue weighted by molar-refractivity contribution is 0.401. The van der Waals surface area contributed by atoms with Crippen LogP contribution >= 0.6 is 0 Å². The van der Waals surface area contributed by atoms with E-state index in [2.05, 4.69) is 70.2 Å². The minimum atomic E-state index is -0.313. The highest BCUT2D eigenvalue weighted by atomic mass is 16.4. The van der Waals surface area contributed by atoms with Crippen molar-refractivity contribution in [3.8, 4) is 90.7 Å². The van der Waals surface area contributed by atoms with Crippen molar-refractivity contribution >= 4 is 28.3 Å². The number of aromatic nitrogens is 4. The first-order chi connectivity index (χ1) is 36.8. The van der Waals surface area contributed by atoms with Crippen LogP contribution < -0.4 is 0 Å². The first kappa shape index (κ1) is 48.0. The molecule has 4 heterocycles. The van der Waals surface area contributed by atoms with Gasteiger partial charge in [-0.05, 0) is 143 Å². The molecule has 0 aliphatic heterocycles. The number of oxazole rings is 4.